The van der Waals surface area contributed by atoms with Crippen LogP contribution in [0.25, 0.3) is 6.08 Å². The normalized spacial score (nSPS) is 23.1. The zero-order chi connectivity index (χ0) is 22.0. The van der Waals surface area contributed by atoms with Gasteiger partial charge in [0, 0.05) is 29.1 Å². The summed E-state index contributed by atoms with van der Waals surface area (Å²) < 4.78 is 24.1. The predicted molar refractivity (Wildman–Crippen MR) is 120 cm³/mol. The second-order valence-corrected chi connectivity index (χ2v) is 8.27. The van der Waals surface area contributed by atoms with E-state index in [1.165, 1.54) is 25.3 Å². The van der Waals surface area contributed by atoms with E-state index < -0.39 is 0 Å². The molecule has 1 amide bonds. The van der Waals surface area contributed by atoms with Crippen LogP contribution in [0.5, 0.6) is 5.75 Å². The van der Waals surface area contributed by atoms with Gasteiger partial charge in [0.15, 0.2) is 0 Å². The van der Waals surface area contributed by atoms with E-state index in [0.717, 1.165) is 18.5 Å². The van der Waals surface area contributed by atoms with Crippen molar-refractivity contribution in [3.05, 3.63) is 58.9 Å². The minimum Gasteiger partial charge on any atom is -0.495 e. The van der Waals surface area contributed by atoms with Crippen molar-refractivity contribution in [2.45, 2.75) is 31.0 Å². The molecule has 4 rings (SSSR count). The van der Waals surface area contributed by atoms with Gasteiger partial charge < -0.3 is 25.4 Å². The Morgan fingerprint density at radius 3 is 2.58 bits per heavy atom. The Morgan fingerprint density at radius 2 is 1.94 bits per heavy atom. The highest BCUT2D eigenvalue weighted by Crippen LogP contribution is 2.32. The van der Waals surface area contributed by atoms with Crippen LogP contribution in [0.15, 0.2) is 42.5 Å². The molecular formula is C23H25ClFN3O3. The number of amides is 1. The van der Waals surface area contributed by atoms with Gasteiger partial charge in [-0.25, -0.2) is 4.39 Å². The third kappa shape index (κ3) is 4.78. The summed E-state index contributed by atoms with van der Waals surface area (Å²) in [5.74, 6) is 0.162. The molecule has 0 aromatic heterocycles. The lowest BCUT2D eigenvalue weighted by molar-refractivity contribution is -0.145. The summed E-state index contributed by atoms with van der Waals surface area (Å²) in [4.78, 5) is 15.0. The standard InChI is InChI=1S/C23H25ClFN3O3/c1-30-22-8-14(21(26)11-20(22)24)2-7-23(29)28-18-9-17(10-19(28)13-31-12-18)27-16-5-3-15(25)4-6-16/h2-8,11,17-19,27H,9-10,12-13,26H2,1H3/b7-2+/t17?,18-,19?/m1/s1. The Bertz CT molecular complexity index is 969. The van der Waals surface area contributed by atoms with Crippen molar-refractivity contribution < 1.29 is 18.7 Å². The van der Waals surface area contributed by atoms with Crippen LogP contribution in [-0.4, -0.2) is 49.3 Å². The van der Waals surface area contributed by atoms with E-state index in [0.29, 0.717) is 35.2 Å². The van der Waals surface area contributed by atoms with Crippen LogP contribution in [0.1, 0.15) is 18.4 Å². The van der Waals surface area contributed by atoms with E-state index in [4.69, 9.17) is 26.8 Å². The molecule has 2 saturated heterocycles. The lowest BCUT2D eigenvalue weighted by Gasteiger charge is -2.48. The summed E-state index contributed by atoms with van der Waals surface area (Å²) in [7, 11) is 1.53. The molecule has 2 heterocycles. The Balaban J connectivity index is 1.45. The Kier molecular flexibility index (Phi) is 6.34. The van der Waals surface area contributed by atoms with Gasteiger partial charge in [0.05, 0.1) is 37.4 Å². The lowest BCUT2D eigenvalue weighted by Crippen LogP contribution is -2.60. The van der Waals surface area contributed by atoms with E-state index in [-0.39, 0.29) is 29.8 Å². The number of piperidine rings is 1. The maximum atomic E-state index is 13.2. The molecule has 2 fully saturated rings. The quantitative estimate of drug-likeness (QED) is 0.538. The number of methoxy groups -OCH3 is 1. The first-order chi connectivity index (χ1) is 14.9. The van der Waals surface area contributed by atoms with Crippen LogP contribution < -0.4 is 15.8 Å². The Morgan fingerprint density at radius 1 is 1.26 bits per heavy atom. The molecule has 2 aromatic carbocycles. The highest BCUT2D eigenvalue weighted by molar-refractivity contribution is 6.32. The van der Waals surface area contributed by atoms with E-state index in [2.05, 4.69) is 5.32 Å². The summed E-state index contributed by atoms with van der Waals surface area (Å²) >= 11 is 6.09. The SMILES string of the molecule is COc1cc(/C=C/C(=O)N2C3COC[C@H]2CC(Nc2ccc(F)cc2)C3)c(N)cc1Cl. The number of nitrogens with zero attached hydrogens (tertiary/aromatic N) is 1. The largest absolute Gasteiger partial charge is 0.495 e. The molecule has 2 unspecified atom stereocenters. The molecular weight excluding hydrogens is 421 g/mol. The predicted octanol–water partition coefficient (Wildman–Crippen LogP) is 3.95. The summed E-state index contributed by atoms with van der Waals surface area (Å²) in [5, 5.41) is 3.88. The minimum absolute atomic E-state index is 0.0281. The fourth-order valence-electron chi connectivity index (χ4n) is 4.31. The van der Waals surface area contributed by atoms with E-state index >= 15 is 0 Å². The van der Waals surface area contributed by atoms with E-state index in [1.807, 2.05) is 4.90 Å². The molecule has 2 aliphatic rings. The van der Waals surface area contributed by atoms with Crippen molar-refractivity contribution >= 4 is 35.0 Å². The number of morpholine rings is 1. The molecule has 6 nitrogen and oxygen atoms in total. The number of hydrogen-bond donors (Lipinski definition) is 2. The van der Waals surface area contributed by atoms with Crippen LogP contribution >= 0.6 is 11.6 Å². The minimum atomic E-state index is -0.262. The van der Waals surface area contributed by atoms with Crippen molar-refractivity contribution in [2.75, 3.05) is 31.4 Å². The molecule has 2 bridgehead atoms. The highest BCUT2D eigenvalue weighted by Gasteiger charge is 2.40. The number of ether oxygens (including phenoxy) is 2. The van der Waals surface area contributed by atoms with Crippen LogP contribution in [0, 0.1) is 5.82 Å². The smallest absolute Gasteiger partial charge is 0.247 e. The van der Waals surface area contributed by atoms with Gasteiger partial charge in [0.25, 0.3) is 0 Å². The van der Waals surface area contributed by atoms with Gasteiger partial charge in [-0.05, 0) is 55.3 Å². The summed E-state index contributed by atoms with van der Waals surface area (Å²) in [5.41, 5.74) is 8.05. The summed E-state index contributed by atoms with van der Waals surface area (Å²) in [6, 6.07) is 9.79. The third-order valence-electron chi connectivity index (χ3n) is 5.75. The maximum absolute atomic E-state index is 13.2. The van der Waals surface area contributed by atoms with Gasteiger partial charge in [-0.3, -0.25) is 4.79 Å². The van der Waals surface area contributed by atoms with Crippen molar-refractivity contribution in [1.82, 2.24) is 4.90 Å². The molecule has 0 saturated carbocycles. The Hall–Kier alpha value is -2.77. The molecule has 0 radical (unpaired) electrons. The number of nitrogens with two attached hydrogens (primary N) is 1. The van der Waals surface area contributed by atoms with E-state index in [1.54, 1.807) is 30.3 Å². The number of rotatable bonds is 5. The number of fused-ring (bicyclic) bond motifs is 2. The lowest BCUT2D eigenvalue weighted by atomic mass is 9.89. The van der Waals surface area contributed by atoms with Gasteiger partial charge in [-0.1, -0.05) is 11.6 Å². The molecule has 3 N–H and O–H groups in total. The second kappa shape index (κ2) is 9.16. The number of nitrogen functional groups attached to an aromatic ring is 1. The molecule has 0 spiro atoms. The van der Waals surface area contributed by atoms with Gasteiger partial charge >= 0.3 is 0 Å². The van der Waals surface area contributed by atoms with Crippen LogP contribution in [-0.2, 0) is 9.53 Å². The molecule has 31 heavy (non-hydrogen) atoms. The zero-order valence-corrected chi connectivity index (χ0v) is 17.9. The number of halogens is 2. The van der Waals surface area contributed by atoms with Crippen LogP contribution in [0.4, 0.5) is 15.8 Å². The van der Waals surface area contributed by atoms with Gasteiger partial charge in [0.1, 0.15) is 11.6 Å². The maximum Gasteiger partial charge on any atom is 0.247 e. The molecule has 2 aliphatic heterocycles. The first-order valence-corrected chi connectivity index (χ1v) is 10.6. The van der Waals surface area contributed by atoms with Gasteiger partial charge in [-0.2, -0.15) is 0 Å². The third-order valence-corrected chi connectivity index (χ3v) is 6.05. The number of carbonyl (C=O) groups is 1. The Labute approximate surface area is 185 Å². The average Bonchev–Trinajstić information content (AvgIpc) is 2.74. The number of hydrogen-bond acceptors (Lipinski definition) is 5. The summed E-state index contributed by atoms with van der Waals surface area (Å²) in [6.07, 6.45) is 4.74. The second-order valence-electron chi connectivity index (χ2n) is 7.86. The number of benzene rings is 2. The molecule has 2 aromatic rings. The van der Waals surface area contributed by atoms with Crippen molar-refractivity contribution in [3.63, 3.8) is 0 Å². The first-order valence-electron chi connectivity index (χ1n) is 10.2. The fourth-order valence-corrected chi connectivity index (χ4v) is 4.56. The van der Waals surface area contributed by atoms with Gasteiger partial charge in [0.2, 0.25) is 5.91 Å². The fraction of sp³-hybridized carbons (Fsp3) is 0.348. The summed E-state index contributed by atoms with van der Waals surface area (Å²) in [6.45, 7) is 0.989. The average molecular weight is 446 g/mol. The van der Waals surface area contributed by atoms with E-state index in [9.17, 15) is 9.18 Å². The highest BCUT2D eigenvalue weighted by atomic mass is 35.5. The molecule has 0 aliphatic carbocycles. The van der Waals surface area contributed by atoms with Crippen molar-refractivity contribution in [2.24, 2.45) is 0 Å². The van der Waals surface area contributed by atoms with Crippen molar-refractivity contribution in [1.29, 1.82) is 0 Å². The number of anilines is 2. The number of nitrogens with one attached hydrogen (secondary N) is 1. The molecule has 8 heteroatoms. The molecule has 164 valence electrons. The van der Waals surface area contributed by atoms with Gasteiger partial charge in [-0.15, -0.1) is 0 Å². The van der Waals surface area contributed by atoms with Crippen molar-refractivity contribution in [3.8, 4) is 5.75 Å². The van der Waals surface area contributed by atoms with Crippen LogP contribution in [0.2, 0.25) is 5.02 Å². The van der Waals surface area contributed by atoms with Crippen LogP contribution in [0.3, 0.4) is 0 Å². The first kappa shape index (κ1) is 21.5. The monoisotopic (exact) mass is 445 g/mol. The molecule has 3 atom stereocenters. The topological polar surface area (TPSA) is 76.8 Å². The zero-order valence-electron chi connectivity index (χ0n) is 17.2. The number of carbonyl (C=O) groups excluding carboxylic acids is 1.